The summed E-state index contributed by atoms with van der Waals surface area (Å²) in [6, 6.07) is 9.72. The van der Waals surface area contributed by atoms with Gasteiger partial charge in [0.2, 0.25) is 0 Å². The molecule has 2 rings (SSSR count). The van der Waals surface area contributed by atoms with Gasteiger partial charge < -0.3 is 4.74 Å². The van der Waals surface area contributed by atoms with Crippen molar-refractivity contribution in [2.75, 3.05) is 0 Å². The van der Waals surface area contributed by atoms with Crippen LogP contribution in [0.2, 0.25) is 0 Å². The second kappa shape index (κ2) is 6.53. The summed E-state index contributed by atoms with van der Waals surface area (Å²) in [5.41, 5.74) is 0.860. The molecule has 0 aliphatic rings. The summed E-state index contributed by atoms with van der Waals surface area (Å²) in [5.74, 6) is 0.313. The topological polar surface area (TPSA) is 50.1 Å². The second-order valence-electron chi connectivity index (χ2n) is 4.96. The van der Waals surface area contributed by atoms with Gasteiger partial charge in [-0.25, -0.2) is 0 Å². The maximum atomic E-state index is 12.6. The van der Waals surface area contributed by atoms with Crippen LogP contribution in [0.3, 0.4) is 0 Å². The van der Waals surface area contributed by atoms with Crippen LogP contribution >= 0.6 is 0 Å². The summed E-state index contributed by atoms with van der Waals surface area (Å²) < 4.78 is 43.3. The Balaban J connectivity index is 2.18. The zero-order chi connectivity index (χ0) is 17.0. The van der Waals surface area contributed by atoms with Gasteiger partial charge in [0.1, 0.15) is 18.6 Å². The lowest BCUT2D eigenvalue weighted by molar-refractivity contribution is -0.137. The lowest BCUT2D eigenvalue weighted by Crippen LogP contribution is -2.06. The number of hydrogen-bond donors (Lipinski definition) is 0. The number of carbonyl (C=O) groups is 1. The van der Waals surface area contributed by atoms with Crippen molar-refractivity contribution >= 4 is 6.29 Å². The van der Waals surface area contributed by atoms with E-state index in [1.165, 1.54) is 19.1 Å². The van der Waals surface area contributed by atoms with E-state index in [2.05, 4.69) is 0 Å². The molecule has 0 saturated carbocycles. The molecular formula is C17H12F3NO2. The Bertz CT molecular complexity index is 776. The Morgan fingerprint density at radius 3 is 2.52 bits per heavy atom. The number of rotatable bonds is 4. The molecule has 0 saturated heterocycles. The fraction of sp³-hybridized carbons (Fsp3) is 0.176. The van der Waals surface area contributed by atoms with Gasteiger partial charge in [0.25, 0.3) is 0 Å². The molecule has 23 heavy (non-hydrogen) atoms. The molecule has 0 unspecified atom stereocenters. The molecule has 3 nitrogen and oxygen atoms in total. The van der Waals surface area contributed by atoms with E-state index in [0.717, 1.165) is 12.1 Å². The monoisotopic (exact) mass is 319 g/mol. The molecular weight excluding hydrogens is 307 g/mol. The van der Waals surface area contributed by atoms with E-state index in [1.54, 1.807) is 12.1 Å². The lowest BCUT2D eigenvalue weighted by Gasteiger charge is -2.12. The second-order valence-corrected chi connectivity index (χ2v) is 4.96. The van der Waals surface area contributed by atoms with Crippen molar-refractivity contribution in [1.82, 2.24) is 0 Å². The molecule has 0 radical (unpaired) electrons. The number of carbonyl (C=O) groups excluding carboxylic acids is 1. The van der Waals surface area contributed by atoms with E-state index >= 15 is 0 Å². The Hall–Kier alpha value is -2.81. The SMILES string of the molecule is Cc1cc(C(F)(F)F)ccc1OCc1cc(C#N)cc(C=O)c1. The predicted molar refractivity (Wildman–Crippen MR) is 77.1 cm³/mol. The van der Waals surface area contributed by atoms with Crippen LogP contribution in [0, 0.1) is 18.3 Å². The van der Waals surface area contributed by atoms with Gasteiger partial charge in [-0.15, -0.1) is 0 Å². The first-order valence-corrected chi connectivity index (χ1v) is 6.63. The number of ether oxygens (including phenoxy) is 1. The fourth-order valence-corrected chi connectivity index (χ4v) is 2.08. The molecule has 0 spiro atoms. The highest BCUT2D eigenvalue weighted by molar-refractivity contribution is 5.76. The van der Waals surface area contributed by atoms with Crippen LogP contribution in [-0.2, 0) is 12.8 Å². The highest BCUT2D eigenvalue weighted by atomic mass is 19.4. The third-order valence-electron chi connectivity index (χ3n) is 3.18. The number of nitrogens with zero attached hydrogens (tertiary/aromatic N) is 1. The van der Waals surface area contributed by atoms with E-state index in [1.807, 2.05) is 6.07 Å². The minimum absolute atomic E-state index is 0.0442. The van der Waals surface area contributed by atoms with Crippen molar-refractivity contribution in [1.29, 1.82) is 5.26 Å². The Morgan fingerprint density at radius 1 is 1.22 bits per heavy atom. The van der Waals surface area contributed by atoms with Crippen LogP contribution in [0.4, 0.5) is 13.2 Å². The fourth-order valence-electron chi connectivity index (χ4n) is 2.08. The molecule has 0 N–H and O–H groups in total. The van der Waals surface area contributed by atoms with Gasteiger partial charge in [-0.2, -0.15) is 18.4 Å². The van der Waals surface area contributed by atoms with E-state index in [9.17, 15) is 18.0 Å². The largest absolute Gasteiger partial charge is 0.489 e. The van der Waals surface area contributed by atoms with E-state index < -0.39 is 11.7 Å². The first-order valence-electron chi connectivity index (χ1n) is 6.63. The highest BCUT2D eigenvalue weighted by Crippen LogP contribution is 2.32. The molecule has 0 fully saturated rings. The molecule has 0 bridgehead atoms. The minimum Gasteiger partial charge on any atom is -0.489 e. The number of aldehydes is 1. The van der Waals surface area contributed by atoms with Crippen molar-refractivity contribution in [3.05, 3.63) is 64.2 Å². The van der Waals surface area contributed by atoms with Crippen LogP contribution in [0.15, 0.2) is 36.4 Å². The maximum absolute atomic E-state index is 12.6. The quantitative estimate of drug-likeness (QED) is 0.791. The van der Waals surface area contributed by atoms with Gasteiger partial charge in [0.05, 0.1) is 17.2 Å². The van der Waals surface area contributed by atoms with Crippen LogP contribution in [0.5, 0.6) is 5.75 Å². The van der Waals surface area contributed by atoms with Crippen molar-refractivity contribution in [3.63, 3.8) is 0 Å². The van der Waals surface area contributed by atoms with Gasteiger partial charge >= 0.3 is 6.18 Å². The standard InChI is InChI=1S/C17H12F3NO2/c1-11-4-15(17(18,19)20)2-3-16(11)23-10-14-6-12(8-21)5-13(7-14)9-22/h2-7,9H,10H2,1H3. The van der Waals surface area contributed by atoms with Crippen LogP contribution < -0.4 is 4.74 Å². The third-order valence-corrected chi connectivity index (χ3v) is 3.18. The van der Waals surface area contributed by atoms with Crippen molar-refractivity contribution < 1.29 is 22.7 Å². The lowest BCUT2D eigenvalue weighted by atomic mass is 10.1. The summed E-state index contributed by atoms with van der Waals surface area (Å²) in [6.07, 6.45) is -3.78. The molecule has 6 heteroatoms. The maximum Gasteiger partial charge on any atom is 0.416 e. The molecule has 118 valence electrons. The van der Waals surface area contributed by atoms with Crippen molar-refractivity contribution in [2.45, 2.75) is 19.7 Å². The summed E-state index contributed by atoms with van der Waals surface area (Å²) in [5, 5.41) is 8.90. The summed E-state index contributed by atoms with van der Waals surface area (Å²) >= 11 is 0. The molecule has 2 aromatic rings. The van der Waals surface area contributed by atoms with Gasteiger partial charge in [-0.1, -0.05) is 0 Å². The highest BCUT2D eigenvalue weighted by Gasteiger charge is 2.30. The Labute approximate surface area is 130 Å². The zero-order valence-corrected chi connectivity index (χ0v) is 12.1. The van der Waals surface area contributed by atoms with E-state index in [0.29, 0.717) is 34.3 Å². The van der Waals surface area contributed by atoms with Crippen LogP contribution in [0.1, 0.15) is 32.6 Å². The normalized spacial score (nSPS) is 10.9. The molecule has 0 aliphatic heterocycles. The van der Waals surface area contributed by atoms with Crippen LogP contribution in [-0.4, -0.2) is 6.29 Å². The smallest absolute Gasteiger partial charge is 0.416 e. The number of alkyl halides is 3. The predicted octanol–water partition coefficient (Wildman–Crippen LogP) is 4.28. The molecule has 0 amide bonds. The molecule has 0 aliphatic carbocycles. The van der Waals surface area contributed by atoms with Crippen molar-refractivity contribution in [3.8, 4) is 11.8 Å². The third kappa shape index (κ3) is 4.10. The Morgan fingerprint density at radius 2 is 1.96 bits per heavy atom. The van der Waals surface area contributed by atoms with Gasteiger partial charge in [0, 0.05) is 5.56 Å². The number of hydrogen-bond acceptors (Lipinski definition) is 3. The number of halogens is 3. The van der Waals surface area contributed by atoms with Crippen LogP contribution in [0.25, 0.3) is 0 Å². The number of nitriles is 1. The molecule has 0 aromatic heterocycles. The van der Waals surface area contributed by atoms with Gasteiger partial charge in [0.15, 0.2) is 0 Å². The average molecular weight is 319 g/mol. The molecule has 0 atom stereocenters. The van der Waals surface area contributed by atoms with Gasteiger partial charge in [-0.3, -0.25) is 4.79 Å². The van der Waals surface area contributed by atoms with Gasteiger partial charge in [-0.05, 0) is 54.4 Å². The Kier molecular flexibility index (Phi) is 4.70. The average Bonchev–Trinajstić information content (AvgIpc) is 2.52. The summed E-state index contributed by atoms with van der Waals surface area (Å²) in [7, 11) is 0. The number of aryl methyl sites for hydroxylation is 1. The summed E-state index contributed by atoms with van der Waals surface area (Å²) in [6.45, 7) is 1.57. The van der Waals surface area contributed by atoms with Crippen molar-refractivity contribution in [2.24, 2.45) is 0 Å². The zero-order valence-electron chi connectivity index (χ0n) is 12.1. The first kappa shape index (κ1) is 16.6. The minimum atomic E-state index is -4.40. The first-order chi connectivity index (χ1) is 10.8. The van der Waals surface area contributed by atoms with E-state index in [-0.39, 0.29) is 6.61 Å². The molecule has 0 heterocycles. The number of benzene rings is 2. The van der Waals surface area contributed by atoms with E-state index in [4.69, 9.17) is 10.00 Å². The molecule has 2 aromatic carbocycles. The summed E-state index contributed by atoms with van der Waals surface area (Å²) in [4.78, 5) is 10.8.